The van der Waals surface area contributed by atoms with Crippen molar-refractivity contribution in [3.05, 3.63) is 48.0 Å². The third-order valence-corrected chi connectivity index (χ3v) is 5.66. The number of guanidine groups is 1. The summed E-state index contributed by atoms with van der Waals surface area (Å²) in [7, 11) is 0. The van der Waals surface area contributed by atoms with Crippen molar-refractivity contribution in [1.29, 1.82) is 0 Å². The smallest absolute Gasteiger partial charge is 0.224 e. The zero-order valence-corrected chi connectivity index (χ0v) is 18.5. The van der Waals surface area contributed by atoms with Crippen LogP contribution in [0.3, 0.4) is 0 Å². The third-order valence-electron chi connectivity index (χ3n) is 5.41. The highest BCUT2D eigenvalue weighted by Gasteiger charge is 2.28. The fraction of sp³-hybridized carbons (Fsp3) is 0.500. The summed E-state index contributed by atoms with van der Waals surface area (Å²) < 4.78 is 2.20. The Bertz CT molecular complexity index is 821. The van der Waals surface area contributed by atoms with E-state index in [2.05, 4.69) is 38.9 Å². The summed E-state index contributed by atoms with van der Waals surface area (Å²) in [6.45, 7) is 7.69. The zero-order valence-electron chi connectivity index (χ0n) is 17.7. The molecule has 0 saturated carbocycles. The number of anilines is 1. The SMILES string of the molecule is CCNC(=NCCCC(=O)Nc1ccc(Cl)cc1)N1CCC(C)C(n2ccnc2)C1. The second-order valence-corrected chi connectivity index (χ2v) is 8.12. The van der Waals surface area contributed by atoms with E-state index in [1.54, 1.807) is 24.3 Å². The van der Waals surface area contributed by atoms with Crippen LogP contribution in [-0.2, 0) is 4.79 Å². The molecule has 1 amide bonds. The van der Waals surface area contributed by atoms with Gasteiger partial charge in [0.15, 0.2) is 5.96 Å². The highest BCUT2D eigenvalue weighted by atomic mass is 35.5. The number of amides is 1. The van der Waals surface area contributed by atoms with Crippen molar-refractivity contribution in [2.75, 3.05) is 31.5 Å². The molecule has 2 atom stereocenters. The minimum absolute atomic E-state index is 0.00973. The van der Waals surface area contributed by atoms with Crippen molar-refractivity contribution in [3.63, 3.8) is 0 Å². The molecule has 1 aromatic heterocycles. The van der Waals surface area contributed by atoms with E-state index < -0.39 is 0 Å². The largest absolute Gasteiger partial charge is 0.357 e. The van der Waals surface area contributed by atoms with Crippen LogP contribution in [0.2, 0.25) is 5.02 Å². The molecule has 1 saturated heterocycles. The molecule has 2 N–H and O–H groups in total. The van der Waals surface area contributed by atoms with Crippen LogP contribution in [-0.4, -0.2) is 52.5 Å². The molecule has 3 rings (SSSR count). The van der Waals surface area contributed by atoms with Crippen LogP contribution in [0.5, 0.6) is 0 Å². The molecule has 2 unspecified atom stereocenters. The third kappa shape index (κ3) is 6.23. The van der Waals surface area contributed by atoms with E-state index in [0.717, 1.165) is 37.7 Å². The van der Waals surface area contributed by atoms with Gasteiger partial charge in [-0.15, -0.1) is 0 Å². The first-order chi connectivity index (χ1) is 14.6. The first kappa shape index (κ1) is 22.2. The lowest BCUT2D eigenvalue weighted by Crippen LogP contribution is -2.49. The average Bonchev–Trinajstić information content (AvgIpc) is 3.27. The highest BCUT2D eigenvalue weighted by molar-refractivity contribution is 6.30. The van der Waals surface area contributed by atoms with E-state index >= 15 is 0 Å². The Kier molecular flexibility index (Phi) is 8.13. The van der Waals surface area contributed by atoms with E-state index in [-0.39, 0.29) is 5.91 Å². The van der Waals surface area contributed by atoms with Gasteiger partial charge in [0.25, 0.3) is 0 Å². The number of likely N-dealkylation sites (tertiary alicyclic amines) is 1. The van der Waals surface area contributed by atoms with E-state index in [1.165, 1.54) is 0 Å². The van der Waals surface area contributed by atoms with Crippen molar-refractivity contribution < 1.29 is 4.79 Å². The van der Waals surface area contributed by atoms with Crippen molar-refractivity contribution >= 4 is 29.2 Å². The number of imidazole rings is 1. The first-order valence-corrected chi connectivity index (χ1v) is 11.0. The summed E-state index contributed by atoms with van der Waals surface area (Å²) >= 11 is 5.87. The second-order valence-electron chi connectivity index (χ2n) is 7.68. The second kappa shape index (κ2) is 11.0. The minimum Gasteiger partial charge on any atom is -0.357 e. The molecular weight excluding hydrogens is 400 g/mol. The molecule has 0 spiro atoms. The predicted octanol–water partition coefficient (Wildman–Crippen LogP) is 3.80. The molecule has 2 heterocycles. The van der Waals surface area contributed by atoms with Gasteiger partial charge in [-0.25, -0.2) is 4.98 Å². The summed E-state index contributed by atoms with van der Waals surface area (Å²) in [5, 5.41) is 6.95. The van der Waals surface area contributed by atoms with Gasteiger partial charge in [-0.1, -0.05) is 18.5 Å². The number of benzene rings is 1. The fourth-order valence-corrected chi connectivity index (χ4v) is 3.83. The van der Waals surface area contributed by atoms with Crippen LogP contribution in [0, 0.1) is 5.92 Å². The Morgan fingerprint density at radius 1 is 1.33 bits per heavy atom. The number of nitrogens with zero attached hydrogens (tertiary/aromatic N) is 4. The maximum absolute atomic E-state index is 12.2. The van der Waals surface area contributed by atoms with E-state index in [4.69, 9.17) is 16.6 Å². The quantitative estimate of drug-likeness (QED) is 0.398. The summed E-state index contributed by atoms with van der Waals surface area (Å²) in [5.41, 5.74) is 0.759. The Labute approximate surface area is 183 Å². The number of nitrogens with one attached hydrogen (secondary N) is 2. The number of rotatable bonds is 7. The number of aliphatic imine (C=N–C) groups is 1. The average molecular weight is 431 g/mol. The summed E-state index contributed by atoms with van der Waals surface area (Å²) in [4.78, 5) is 23.5. The van der Waals surface area contributed by atoms with Crippen LogP contribution in [0.1, 0.15) is 39.2 Å². The number of hydrogen-bond donors (Lipinski definition) is 2. The van der Waals surface area contributed by atoms with E-state index in [0.29, 0.717) is 36.4 Å². The number of carbonyl (C=O) groups excluding carboxylic acids is 1. The van der Waals surface area contributed by atoms with E-state index in [9.17, 15) is 4.79 Å². The Morgan fingerprint density at radius 2 is 2.13 bits per heavy atom. The Hall–Kier alpha value is -2.54. The predicted molar refractivity (Wildman–Crippen MR) is 122 cm³/mol. The van der Waals surface area contributed by atoms with Crippen molar-refractivity contribution in [2.24, 2.45) is 10.9 Å². The number of piperidine rings is 1. The summed E-state index contributed by atoms with van der Waals surface area (Å²) in [6, 6.07) is 7.52. The molecule has 1 fully saturated rings. The molecular formula is C22H31ClN6O. The van der Waals surface area contributed by atoms with Crippen LogP contribution in [0.15, 0.2) is 48.0 Å². The molecule has 1 aliphatic rings. The topological polar surface area (TPSA) is 74.6 Å². The van der Waals surface area contributed by atoms with Gasteiger partial charge in [0, 0.05) is 55.7 Å². The van der Waals surface area contributed by atoms with Gasteiger partial charge in [-0.3, -0.25) is 9.79 Å². The molecule has 30 heavy (non-hydrogen) atoms. The molecule has 0 bridgehead atoms. The van der Waals surface area contributed by atoms with Gasteiger partial charge >= 0.3 is 0 Å². The Morgan fingerprint density at radius 3 is 2.83 bits per heavy atom. The van der Waals surface area contributed by atoms with Crippen molar-refractivity contribution in [3.8, 4) is 0 Å². The fourth-order valence-electron chi connectivity index (χ4n) is 3.70. The normalized spacial score (nSPS) is 19.6. The number of hydrogen-bond acceptors (Lipinski definition) is 3. The first-order valence-electron chi connectivity index (χ1n) is 10.6. The maximum atomic E-state index is 12.2. The van der Waals surface area contributed by atoms with Gasteiger partial charge < -0.3 is 20.1 Å². The molecule has 162 valence electrons. The monoisotopic (exact) mass is 430 g/mol. The molecule has 0 radical (unpaired) electrons. The zero-order chi connectivity index (χ0) is 21.3. The standard InChI is InChI=1S/C22H31ClN6O/c1-3-25-22(28-13-10-17(2)20(15-28)29-14-12-24-16-29)26-11-4-5-21(30)27-19-8-6-18(23)7-9-19/h6-9,12,14,16-17,20H,3-5,10-11,13,15H2,1-2H3,(H,25,26)(H,27,30). The van der Waals surface area contributed by atoms with Gasteiger partial charge in [0.1, 0.15) is 0 Å². The molecule has 1 aliphatic heterocycles. The summed E-state index contributed by atoms with van der Waals surface area (Å²) in [5.74, 6) is 1.51. The molecule has 7 nitrogen and oxygen atoms in total. The van der Waals surface area contributed by atoms with Crippen molar-refractivity contribution in [1.82, 2.24) is 19.8 Å². The summed E-state index contributed by atoms with van der Waals surface area (Å²) in [6.07, 6.45) is 8.00. The lowest BCUT2D eigenvalue weighted by atomic mass is 9.93. The van der Waals surface area contributed by atoms with Gasteiger partial charge in [-0.05, 0) is 49.9 Å². The van der Waals surface area contributed by atoms with Gasteiger partial charge in [0.05, 0.1) is 12.4 Å². The maximum Gasteiger partial charge on any atom is 0.224 e. The van der Waals surface area contributed by atoms with Crippen molar-refractivity contribution in [2.45, 2.75) is 39.2 Å². The van der Waals surface area contributed by atoms with Crippen LogP contribution in [0.4, 0.5) is 5.69 Å². The minimum atomic E-state index is -0.00973. The van der Waals surface area contributed by atoms with Crippen LogP contribution in [0.25, 0.3) is 0 Å². The Balaban J connectivity index is 1.51. The number of halogens is 1. The molecule has 8 heteroatoms. The van der Waals surface area contributed by atoms with Crippen LogP contribution < -0.4 is 10.6 Å². The number of carbonyl (C=O) groups is 1. The van der Waals surface area contributed by atoms with E-state index in [1.807, 2.05) is 18.7 Å². The molecule has 0 aliphatic carbocycles. The van der Waals surface area contributed by atoms with Crippen LogP contribution >= 0.6 is 11.6 Å². The number of aromatic nitrogens is 2. The lowest BCUT2D eigenvalue weighted by molar-refractivity contribution is -0.116. The van der Waals surface area contributed by atoms with Gasteiger partial charge in [0.2, 0.25) is 5.91 Å². The van der Waals surface area contributed by atoms with Gasteiger partial charge in [-0.2, -0.15) is 0 Å². The molecule has 2 aromatic rings. The molecule has 1 aromatic carbocycles. The lowest BCUT2D eigenvalue weighted by Gasteiger charge is -2.39. The highest BCUT2D eigenvalue weighted by Crippen LogP contribution is 2.27.